The summed E-state index contributed by atoms with van der Waals surface area (Å²) in [6.07, 6.45) is 0. The zero-order valence-corrected chi connectivity index (χ0v) is 11.8. The maximum atomic E-state index is 6.19. The lowest BCUT2D eigenvalue weighted by Gasteiger charge is -2.11. The predicted molar refractivity (Wildman–Crippen MR) is 74.9 cm³/mol. The minimum atomic E-state index is 0.318. The maximum Gasteiger partial charge on any atom is 0.132 e. The third-order valence-corrected chi connectivity index (χ3v) is 3.46. The number of rotatable bonds is 2. The highest BCUT2D eigenvalue weighted by atomic mass is 79.9. The molecule has 0 radical (unpaired) electrons. The Morgan fingerprint density at radius 1 is 1.29 bits per heavy atom. The van der Waals surface area contributed by atoms with E-state index in [1.54, 1.807) is 0 Å². The number of aryl methyl sites for hydroxylation is 1. The number of hydrogen-bond donors (Lipinski definition) is 1. The Morgan fingerprint density at radius 3 is 2.47 bits per heavy atom. The molecule has 0 atom stereocenters. The van der Waals surface area contributed by atoms with Gasteiger partial charge in [0, 0.05) is 16.1 Å². The fourth-order valence-corrected chi connectivity index (χ4v) is 2.54. The Labute approximate surface area is 110 Å². The summed E-state index contributed by atoms with van der Waals surface area (Å²) in [5.41, 5.74) is 8.07. The number of hydrogen-bond acceptors (Lipinski definition) is 2. The van der Waals surface area contributed by atoms with E-state index in [1.165, 1.54) is 0 Å². The van der Waals surface area contributed by atoms with Gasteiger partial charge >= 0.3 is 0 Å². The molecule has 0 amide bonds. The van der Waals surface area contributed by atoms with Gasteiger partial charge < -0.3 is 10.3 Å². The molecule has 2 rings (SSSR count). The van der Waals surface area contributed by atoms with Crippen LogP contribution in [0, 0.1) is 6.92 Å². The van der Waals surface area contributed by atoms with Crippen molar-refractivity contribution in [3.8, 4) is 11.3 Å². The lowest BCUT2D eigenvalue weighted by atomic mass is 10.1. The lowest BCUT2D eigenvalue weighted by Crippen LogP contribution is -2.07. The molecule has 17 heavy (non-hydrogen) atoms. The Bertz CT molecular complexity index is 544. The molecule has 1 aromatic heterocycles. The minimum absolute atomic E-state index is 0.318. The molecule has 0 saturated carbocycles. The molecule has 4 heteroatoms. The molecule has 1 heterocycles. The standard InChI is InChI=1S/C13H16BrN3/c1-8(2)17-9(3)16-12(13(17)15)10-6-4-5-7-11(10)14/h4-8H,15H2,1-3H3. The molecule has 0 aliphatic heterocycles. The van der Waals surface area contributed by atoms with E-state index in [4.69, 9.17) is 5.73 Å². The lowest BCUT2D eigenvalue weighted by molar-refractivity contribution is 0.590. The van der Waals surface area contributed by atoms with Gasteiger partial charge in [0.25, 0.3) is 0 Å². The number of halogens is 1. The average molecular weight is 294 g/mol. The maximum absolute atomic E-state index is 6.19. The SMILES string of the molecule is Cc1nc(-c2ccccc2Br)c(N)n1C(C)C. The van der Waals surface area contributed by atoms with Gasteiger partial charge in [0.15, 0.2) is 0 Å². The van der Waals surface area contributed by atoms with Crippen LogP contribution in [0.1, 0.15) is 25.7 Å². The van der Waals surface area contributed by atoms with E-state index in [-0.39, 0.29) is 0 Å². The van der Waals surface area contributed by atoms with Crippen molar-refractivity contribution in [2.45, 2.75) is 26.8 Å². The zero-order valence-electron chi connectivity index (χ0n) is 10.2. The van der Waals surface area contributed by atoms with Crippen molar-refractivity contribution in [3.63, 3.8) is 0 Å². The van der Waals surface area contributed by atoms with Crippen molar-refractivity contribution in [2.24, 2.45) is 0 Å². The highest BCUT2D eigenvalue weighted by Gasteiger charge is 2.16. The van der Waals surface area contributed by atoms with Crippen LogP contribution in [0.25, 0.3) is 11.3 Å². The van der Waals surface area contributed by atoms with Crippen molar-refractivity contribution < 1.29 is 0 Å². The van der Waals surface area contributed by atoms with Gasteiger partial charge in [-0.25, -0.2) is 4.98 Å². The third-order valence-electron chi connectivity index (χ3n) is 2.77. The van der Waals surface area contributed by atoms with Crippen molar-refractivity contribution in [3.05, 3.63) is 34.6 Å². The van der Waals surface area contributed by atoms with Crippen LogP contribution in [0.5, 0.6) is 0 Å². The zero-order chi connectivity index (χ0) is 12.6. The fourth-order valence-electron chi connectivity index (χ4n) is 2.06. The molecule has 2 N–H and O–H groups in total. The average Bonchev–Trinajstić information content (AvgIpc) is 2.55. The number of nitrogen functional groups attached to an aromatic ring is 1. The summed E-state index contributed by atoms with van der Waals surface area (Å²) in [6.45, 7) is 6.19. The third kappa shape index (κ3) is 2.09. The molecule has 0 unspecified atom stereocenters. The summed E-state index contributed by atoms with van der Waals surface area (Å²) in [4.78, 5) is 4.57. The predicted octanol–water partition coefficient (Wildman–Crippen LogP) is 3.78. The van der Waals surface area contributed by atoms with Crippen molar-refractivity contribution in [1.29, 1.82) is 0 Å². The monoisotopic (exact) mass is 293 g/mol. The number of aromatic nitrogens is 2. The van der Waals surface area contributed by atoms with Gasteiger partial charge in [0.1, 0.15) is 17.3 Å². The van der Waals surface area contributed by atoms with Crippen LogP contribution < -0.4 is 5.73 Å². The largest absolute Gasteiger partial charge is 0.383 e. The molecule has 0 bridgehead atoms. The molecule has 1 aromatic carbocycles. The van der Waals surface area contributed by atoms with E-state index in [0.717, 1.165) is 27.4 Å². The van der Waals surface area contributed by atoms with Gasteiger partial charge in [0.2, 0.25) is 0 Å². The van der Waals surface area contributed by atoms with Crippen LogP contribution >= 0.6 is 15.9 Å². The molecule has 3 nitrogen and oxygen atoms in total. The molecule has 0 aliphatic carbocycles. The summed E-state index contributed by atoms with van der Waals surface area (Å²) in [5, 5.41) is 0. The number of benzene rings is 1. The van der Waals surface area contributed by atoms with Crippen molar-refractivity contribution in [1.82, 2.24) is 9.55 Å². The van der Waals surface area contributed by atoms with Gasteiger partial charge in [-0.3, -0.25) is 0 Å². The molecule has 0 saturated heterocycles. The summed E-state index contributed by atoms with van der Waals surface area (Å²) in [7, 11) is 0. The first kappa shape index (κ1) is 12.2. The number of nitrogens with zero attached hydrogens (tertiary/aromatic N) is 2. The molecule has 0 fully saturated rings. The topological polar surface area (TPSA) is 43.8 Å². The molecule has 90 valence electrons. The van der Waals surface area contributed by atoms with E-state index in [9.17, 15) is 0 Å². The second kappa shape index (κ2) is 4.53. The van der Waals surface area contributed by atoms with Crippen LogP contribution in [-0.4, -0.2) is 9.55 Å². The van der Waals surface area contributed by atoms with Gasteiger partial charge in [-0.05, 0) is 26.8 Å². The van der Waals surface area contributed by atoms with E-state index >= 15 is 0 Å². The first-order valence-corrected chi connectivity index (χ1v) is 6.41. The van der Waals surface area contributed by atoms with Crippen LogP contribution in [0.3, 0.4) is 0 Å². The van der Waals surface area contributed by atoms with E-state index in [0.29, 0.717) is 6.04 Å². The Hall–Kier alpha value is -1.29. The van der Waals surface area contributed by atoms with Crippen LogP contribution in [0.2, 0.25) is 0 Å². The highest BCUT2D eigenvalue weighted by molar-refractivity contribution is 9.10. The summed E-state index contributed by atoms with van der Waals surface area (Å²) in [6, 6.07) is 8.31. The van der Waals surface area contributed by atoms with Gasteiger partial charge in [-0.2, -0.15) is 0 Å². The van der Waals surface area contributed by atoms with Gasteiger partial charge in [0.05, 0.1) is 0 Å². The Balaban J connectivity index is 2.62. The van der Waals surface area contributed by atoms with Crippen LogP contribution in [0.4, 0.5) is 5.82 Å². The number of nitrogens with two attached hydrogens (primary N) is 1. The first-order valence-electron chi connectivity index (χ1n) is 5.61. The van der Waals surface area contributed by atoms with Gasteiger partial charge in [-0.15, -0.1) is 0 Å². The van der Waals surface area contributed by atoms with Crippen LogP contribution in [-0.2, 0) is 0 Å². The molecule has 2 aromatic rings. The minimum Gasteiger partial charge on any atom is -0.383 e. The Morgan fingerprint density at radius 2 is 1.94 bits per heavy atom. The normalized spacial score (nSPS) is 11.1. The van der Waals surface area contributed by atoms with Crippen molar-refractivity contribution >= 4 is 21.7 Å². The van der Waals surface area contributed by atoms with Crippen molar-refractivity contribution in [2.75, 3.05) is 5.73 Å². The highest BCUT2D eigenvalue weighted by Crippen LogP contribution is 2.33. The summed E-state index contributed by atoms with van der Waals surface area (Å²) in [5.74, 6) is 1.67. The van der Waals surface area contributed by atoms with E-state index in [1.807, 2.05) is 31.2 Å². The second-order valence-electron chi connectivity index (χ2n) is 4.34. The second-order valence-corrected chi connectivity index (χ2v) is 5.19. The van der Waals surface area contributed by atoms with E-state index < -0.39 is 0 Å². The molecule has 0 spiro atoms. The summed E-state index contributed by atoms with van der Waals surface area (Å²) < 4.78 is 3.06. The number of imidazole rings is 1. The molecular formula is C13H16BrN3. The van der Waals surface area contributed by atoms with Crippen LogP contribution in [0.15, 0.2) is 28.7 Å². The molecular weight excluding hydrogens is 278 g/mol. The fraction of sp³-hybridized carbons (Fsp3) is 0.308. The molecule has 0 aliphatic rings. The Kier molecular flexibility index (Phi) is 3.24. The number of anilines is 1. The quantitative estimate of drug-likeness (QED) is 0.916. The van der Waals surface area contributed by atoms with Gasteiger partial charge in [-0.1, -0.05) is 34.1 Å². The first-order chi connectivity index (χ1) is 8.02. The smallest absolute Gasteiger partial charge is 0.132 e. The van der Waals surface area contributed by atoms with E-state index in [2.05, 4.69) is 39.3 Å². The summed E-state index contributed by atoms with van der Waals surface area (Å²) >= 11 is 3.53.